The Morgan fingerprint density at radius 2 is 2.50 bits per heavy atom. The average Bonchev–Trinajstić information content (AvgIpc) is 2.15. The third-order valence-corrected chi connectivity index (χ3v) is 1.54. The van der Waals surface area contributed by atoms with Gasteiger partial charge >= 0.3 is 0 Å². The third kappa shape index (κ3) is 0.389. The molecule has 1 aliphatic heterocycles. The monoisotopic (exact) mass is 128 g/mol. The molecule has 0 saturated carbocycles. The molecule has 5 heteroatoms. The summed E-state index contributed by atoms with van der Waals surface area (Å²) >= 11 is 1.42. The lowest BCUT2D eigenvalue weighted by atomic mass is 10.7. The van der Waals surface area contributed by atoms with E-state index in [1.54, 1.807) is 6.33 Å². The predicted octanol–water partition coefficient (Wildman–Crippen LogP) is 0.810. The fourth-order valence-electron chi connectivity index (χ4n) is 0.574. The second-order valence-corrected chi connectivity index (χ2v) is 2.04. The van der Waals surface area contributed by atoms with Crippen molar-refractivity contribution in [3.63, 3.8) is 0 Å². The second-order valence-electron chi connectivity index (χ2n) is 1.43. The normalized spacial score (nSPS) is 14.5. The van der Waals surface area contributed by atoms with Gasteiger partial charge in [-0.25, -0.2) is 4.98 Å². The molecule has 42 valence electrons. The van der Waals surface area contributed by atoms with Crippen LogP contribution in [0.2, 0.25) is 0 Å². The Morgan fingerprint density at radius 3 is 3.38 bits per heavy atom. The second kappa shape index (κ2) is 1.32. The minimum absolute atomic E-state index is 0.884. The van der Waals surface area contributed by atoms with Gasteiger partial charge in [0, 0.05) is 0 Å². The van der Waals surface area contributed by atoms with Crippen molar-refractivity contribution in [3.05, 3.63) is 6.33 Å². The van der Waals surface area contributed by atoms with E-state index in [9.17, 15) is 0 Å². The largest absolute Gasteiger partial charge is 0.329 e. The highest BCUT2D eigenvalue weighted by atomic mass is 32.2. The molecule has 0 bridgehead atoms. The van der Waals surface area contributed by atoms with Gasteiger partial charge in [-0.2, -0.15) is 0 Å². The number of H-pyrrole nitrogens is 1. The SMILES string of the molecule is c1nc2c([nH]1)NSN2. The number of aromatic nitrogens is 2. The Balaban J connectivity index is 2.54. The number of hydrogen-bond donors (Lipinski definition) is 3. The highest BCUT2D eigenvalue weighted by Crippen LogP contribution is 2.27. The number of nitrogens with one attached hydrogen (secondary N) is 3. The molecule has 2 heterocycles. The molecule has 1 aromatic heterocycles. The van der Waals surface area contributed by atoms with Gasteiger partial charge in [-0.3, -0.25) is 9.44 Å². The Labute approximate surface area is 50.3 Å². The van der Waals surface area contributed by atoms with E-state index in [0.29, 0.717) is 0 Å². The summed E-state index contributed by atoms with van der Waals surface area (Å²) < 4.78 is 5.91. The summed E-state index contributed by atoms with van der Waals surface area (Å²) in [4.78, 5) is 6.86. The predicted molar refractivity (Wildman–Crippen MR) is 33.4 cm³/mol. The van der Waals surface area contributed by atoms with Crippen molar-refractivity contribution in [1.82, 2.24) is 9.97 Å². The van der Waals surface area contributed by atoms with E-state index in [2.05, 4.69) is 19.4 Å². The third-order valence-electron chi connectivity index (χ3n) is 0.940. The van der Waals surface area contributed by atoms with Crippen molar-refractivity contribution in [2.45, 2.75) is 0 Å². The molecule has 4 nitrogen and oxygen atoms in total. The molecule has 0 amide bonds. The number of nitrogens with zero attached hydrogens (tertiary/aromatic N) is 1. The molecule has 2 rings (SSSR count). The average molecular weight is 128 g/mol. The molecule has 0 fully saturated rings. The molecule has 0 unspecified atom stereocenters. The van der Waals surface area contributed by atoms with Crippen LogP contribution in [0.4, 0.5) is 11.6 Å². The fraction of sp³-hybridized carbons (Fsp3) is 0. The number of imidazole rings is 1. The number of fused-ring (bicyclic) bond motifs is 1. The molecule has 0 atom stereocenters. The van der Waals surface area contributed by atoms with Crippen LogP contribution in [0.25, 0.3) is 0 Å². The van der Waals surface area contributed by atoms with Crippen LogP contribution in [-0.2, 0) is 0 Å². The molecule has 0 spiro atoms. The van der Waals surface area contributed by atoms with Crippen molar-refractivity contribution in [1.29, 1.82) is 0 Å². The topological polar surface area (TPSA) is 52.7 Å². The van der Waals surface area contributed by atoms with Crippen LogP contribution in [0.5, 0.6) is 0 Å². The van der Waals surface area contributed by atoms with E-state index in [0.717, 1.165) is 11.6 Å². The number of hydrogen-bond acceptors (Lipinski definition) is 4. The summed E-state index contributed by atoms with van der Waals surface area (Å²) in [7, 11) is 0. The molecule has 0 aliphatic carbocycles. The van der Waals surface area contributed by atoms with Crippen molar-refractivity contribution in [3.8, 4) is 0 Å². The van der Waals surface area contributed by atoms with Gasteiger partial charge in [-0.15, -0.1) is 0 Å². The Morgan fingerprint density at radius 1 is 1.50 bits per heavy atom. The van der Waals surface area contributed by atoms with Gasteiger partial charge in [0.05, 0.1) is 18.5 Å². The van der Waals surface area contributed by atoms with Crippen LogP contribution in [-0.4, -0.2) is 9.97 Å². The molecule has 0 saturated heterocycles. The van der Waals surface area contributed by atoms with Crippen molar-refractivity contribution < 1.29 is 0 Å². The molecular weight excluding hydrogens is 124 g/mol. The lowest BCUT2D eigenvalue weighted by molar-refractivity contribution is 1.31. The van der Waals surface area contributed by atoms with E-state index in [1.807, 2.05) is 0 Å². The maximum atomic E-state index is 3.95. The summed E-state index contributed by atoms with van der Waals surface area (Å²) in [5.41, 5.74) is 0. The zero-order valence-electron chi connectivity index (χ0n) is 3.93. The molecule has 0 radical (unpaired) electrons. The summed E-state index contributed by atoms with van der Waals surface area (Å²) in [5, 5.41) is 0. The van der Waals surface area contributed by atoms with Gasteiger partial charge in [0.15, 0.2) is 11.6 Å². The lowest BCUT2D eigenvalue weighted by Crippen LogP contribution is -1.79. The lowest BCUT2D eigenvalue weighted by Gasteiger charge is -1.83. The molecular formula is C3H4N4S. The Kier molecular flexibility index (Phi) is 0.672. The number of aromatic amines is 1. The van der Waals surface area contributed by atoms with E-state index in [4.69, 9.17) is 0 Å². The van der Waals surface area contributed by atoms with Gasteiger partial charge in [0.25, 0.3) is 0 Å². The van der Waals surface area contributed by atoms with Crippen LogP contribution < -0.4 is 9.44 Å². The first-order valence-electron chi connectivity index (χ1n) is 2.18. The van der Waals surface area contributed by atoms with Gasteiger partial charge in [0.2, 0.25) is 0 Å². The van der Waals surface area contributed by atoms with Gasteiger partial charge in [0.1, 0.15) is 0 Å². The Bertz CT molecular complexity index is 176. The molecule has 3 N–H and O–H groups in total. The first-order valence-corrected chi connectivity index (χ1v) is 3.00. The highest BCUT2D eigenvalue weighted by molar-refractivity contribution is 8.02. The van der Waals surface area contributed by atoms with Gasteiger partial charge < -0.3 is 4.98 Å². The molecule has 1 aromatic rings. The summed E-state index contributed by atoms with van der Waals surface area (Å²) in [6.07, 6.45) is 1.64. The van der Waals surface area contributed by atoms with Gasteiger partial charge in [-0.1, -0.05) is 0 Å². The van der Waals surface area contributed by atoms with E-state index in [-0.39, 0.29) is 0 Å². The quantitative estimate of drug-likeness (QED) is 0.452. The summed E-state index contributed by atoms with van der Waals surface area (Å²) in [6.45, 7) is 0. The van der Waals surface area contributed by atoms with Crippen LogP contribution in [0, 0.1) is 0 Å². The first kappa shape index (κ1) is 4.08. The zero-order chi connectivity index (χ0) is 5.40. The van der Waals surface area contributed by atoms with Crippen LogP contribution in [0.15, 0.2) is 6.33 Å². The van der Waals surface area contributed by atoms with Crippen molar-refractivity contribution >= 4 is 23.8 Å². The minimum Gasteiger partial charge on any atom is -0.329 e. The van der Waals surface area contributed by atoms with Crippen molar-refractivity contribution in [2.75, 3.05) is 9.44 Å². The maximum absolute atomic E-state index is 3.95. The molecule has 1 aliphatic rings. The van der Waals surface area contributed by atoms with Gasteiger partial charge in [-0.05, 0) is 0 Å². The van der Waals surface area contributed by atoms with Crippen LogP contribution in [0.1, 0.15) is 0 Å². The standard InChI is InChI=1S/C3H4N4S/c1-4-2-3(5-1)7-8-6-2/h1,6-7H,(H,4,5). The minimum atomic E-state index is 0.884. The van der Waals surface area contributed by atoms with E-state index < -0.39 is 0 Å². The Hall–Kier alpha value is -0.840. The fourth-order valence-corrected chi connectivity index (χ4v) is 1.13. The maximum Gasteiger partial charge on any atom is 0.180 e. The van der Waals surface area contributed by atoms with Crippen molar-refractivity contribution in [2.24, 2.45) is 0 Å². The first-order chi connectivity index (χ1) is 3.97. The highest BCUT2D eigenvalue weighted by Gasteiger charge is 2.10. The van der Waals surface area contributed by atoms with E-state index >= 15 is 0 Å². The smallest absolute Gasteiger partial charge is 0.180 e. The molecule has 8 heavy (non-hydrogen) atoms. The zero-order valence-corrected chi connectivity index (χ0v) is 4.75. The van der Waals surface area contributed by atoms with E-state index in [1.165, 1.54) is 12.1 Å². The number of anilines is 2. The number of rotatable bonds is 0. The van der Waals surface area contributed by atoms with Crippen LogP contribution >= 0.6 is 12.1 Å². The van der Waals surface area contributed by atoms with Crippen LogP contribution in [0.3, 0.4) is 0 Å². The summed E-state index contributed by atoms with van der Waals surface area (Å²) in [6, 6.07) is 0. The molecule has 0 aromatic carbocycles. The summed E-state index contributed by atoms with van der Waals surface area (Å²) in [5.74, 6) is 1.84.